The first-order valence-electron chi connectivity index (χ1n) is 5.95. The zero-order valence-corrected chi connectivity index (χ0v) is 12.5. The topological polar surface area (TPSA) is 59.1 Å². The number of thiazole rings is 1. The van der Waals surface area contributed by atoms with Crippen molar-refractivity contribution in [1.29, 1.82) is 0 Å². The number of aryl methyl sites for hydroxylation is 2. The van der Waals surface area contributed by atoms with Gasteiger partial charge in [0.2, 0.25) is 10.0 Å². The first kappa shape index (κ1) is 14.2. The van der Waals surface area contributed by atoms with E-state index >= 15 is 0 Å². The van der Waals surface area contributed by atoms with Crippen molar-refractivity contribution in [3.8, 4) is 0 Å². The summed E-state index contributed by atoms with van der Waals surface area (Å²) in [4.78, 5) is 4.61. The summed E-state index contributed by atoms with van der Waals surface area (Å²) in [5.41, 5.74) is 1.90. The summed E-state index contributed by atoms with van der Waals surface area (Å²) in [7, 11) is -3.42. The Hall–Kier alpha value is -1.24. The molecule has 102 valence electrons. The molecule has 0 spiro atoms. The molecule has 0 fully saturated rings. The van der Waals surface area contributed by atoms with Gasteiger partial charge in [-0.15, -0.1) is 11.3 Å². The van der Waals surface area contributed by atoms with Crippen LogP contribution in [-0.2, 0) is 16.4 Å². The van der Waals surface area contributed by atoms with Crippen LogP contribution >= 0.6 is 11.3 Å². The van der Waals surface area contributed by atoms with Gasteiger partial charge in [-0.25, -0.2) is 18.1 Å². The fraction of sp³-hybridized carbons (Fsp3) is 0.308. The second kappa shape index (κ2) is 5.81. The van der Waals surface area contributed by atoms with E-state index in [1.165, 1.54) is 0 Å². The molecule has 0 saturated heterocycles. The van der Waals surface area contributed by atoms with Gasteiger partial charge in [0.05, 0.1) is 9.90 Å². The predicted molar refractivity (Wildman–Crippen MR) is 76.9 cm³/mol. The van der Waals surface area contributed by atoms with Crippen molar-refractivity contribution in [3.63, 3.8) is 0 Å². The van der Waals surface area contributed by atoms with Crippen molar-refractivity contribution >= 4 is 21.4 Å². The molecule has 2 rings (SSSR count). The molecule has 0 aliphatic heterocycles. The van der Waals surface area contributed by atoms with Gasteiger partial charge in [0.15, 0.2) is 0 Å². The van der Waals surface area contributed by atoms with E-state index in [4.69, 9.17) is 0 Å². The van der Waals surface area contributed by atoms with Gasteiger partial charge in [0.25, 0.3) is 0 Å². The summed E-state index contributed by atoms with van der Waals surface area (Å²) >= 11 is 1.55. The largest absolute Gasteiger partial charge is 0.247 e. The lowest BCUT2D eigenvalue weighted by molar-refractivity contribution is 0.581. The summed E-state index contributed by atoms with van der Waals surface area (Å²) in [6.07, 6.45) is 0.615. The van der Waals surface area contributed by atoms with Crippen LogP contribution in [0.2, 0.25) is 0 Å². The van der Waals surface area contributed by atoms with Crippen molar-refractivity contribution in [2.45, 2.75) is 25.2 Å². The Kier molecular flexibility index (Phi) is 4.34. The number of rotatable bonds is 5. The summed E-state index contributed by atoms with van der Waals surface area (Å²) in [5, 5.41) is 2.91. The molecular formula is C13H16N2O2S2. The van der Waals surface area contributed by atoms with E-state index in [1.54, 1.807) is 29.5 Å². The molecule has 4 nitrogen and oxygen atoms in total. The molecule has 6 heteroatoms. The minimum absolute atomic E-state index is 0.308. The highest BCUT2D eigenvalue weighted by atomic mass is 32.2. The maximum absolute atomic E-state index is 12.1. The average Bonchev–Trinajstić information content (AvgIpc) is 2.75. The average molecular weight is 296 g/mol. The summed E-state index contributed by atoms with van der Waals surface area (Å²) in [6, 6.07) is 6.88. The van der Waals surface area contributed by atoms with E-state index in [0.717, 1.165) is 16.3 Å². The van der Waals surface area contributed by atoms with Crippen molar-refractivity contribution < 1.29 is 8.42 Å². The lowest BCUT2D eigenvalue weighted by atomic mass is 10.2. The van der Waals surface area contributed by atoms with Crippen LogP contribution in [0.3, 0.4) is 0 Å². The van der Waals surface area contributed by atoms with E-state index < -0.39 is 10.0 Å². The van der Waals surface area contributed by atoms with Crippen molar-refractivity contribution in [2.24, 2.45) is 0 Å². The number of aromatic nitrogens is 1. The molecule has 1 N–H and O–H groups in total. The van der Waals surface area contributed by atoms with Crippen LogP contribution in [0.4, 0.5) is 0 Å². The Balaban J connectivity index is 1.98. The lowest BCUT2D eigenvalue weighted by Gasteiger charge is -2.06. The molecule has 0 aliphatic rings. The van der Waals surface area contributed by atoms with Crippen LogP contribution in [-0.4, -0.2) is 19.9 Å². The molecule has 0 radical (unpaired) electrons. The third kappa shape index (κ3) is 3.86. The summed E-state index contributed by atoms with van der Waals surface area (Å²) in [6.45, 7) is 4.16. The summed E-state index contributed by atoms with van der Waals surface area (Å²) in [5.74, 6) is 0. The van der Waals surface area contributed by atoms with Crippen LogP contribution in [0.5, 0.6) is 0 Å². The molecule has 0 aliphatic carbocycles. The van der Waals surface area contributed by atoms with Gasteiger partial charge in [-0.3, -0.25) is 0 Å². The molecule has 1 aromatic heterocycles. The highest BCUT2D eigenvalue weighted by Crippen LogP contribution is 2.12. The van der Waals surface area contributed by atoms with Gasteiger partial charge in [0.1, 0.15) is 0 Å². The quantitative estimate of drug-likeness (QED) is 0.921. The third-order valence-corrected chi connectivity index (χ3v) is 5.08. The van der Waals surface area contributed by atoms with E-state index in [-0.39, 0.29) is 0 Å². The molecule has 0 atom stereocenters. The number of benzene rings is 1. The molecule has 0 bridgehead atoms. The van der Waals surface area contributed by atoms with Crippen molar-refractivity contribution in [2.75, 3.05) is 6.54 Å². The zero-order valence-electron chi connectivity index (χ0n) is 10.9. The van der Waals surface area contributed by atoms with Crippen LogP contribution in [0.1, 0.15) is 16.3 Å². The number of nitrogens with one attached hydrogen (secondary N) is 1. The molecule has 1 aromatic carbocycles. The van der Waals surface area contributed by atoms with Crippen LogP contribution in [0, 0.1) is 13.8 Å². The highest BCUT2D eigenvalue weighted by molar-refractivity contribution is 7.89. The molecule has 0 saturated carbocycles. The van der Waals surface area contributed by atoms with E-state index in [2.05, 4.69) is 9.71 Å². The first-order valence-corrected chi connectivity index (χ1v) is 8.31. The number of hydrogen-bond donors (Lipinski definition) is 1. The number of hydrogen-bond acceptors (Lipinski definition) is 4. The lowest BCUT2D eigenvalue weighted by Crippen LogP contribution is -2.26. The maximum atomic E-state index is 12.1. The Morgan fingerprint density at radius 3 is 2.74 bits per heavy atom. The monoisotopic (exact) mass is 296 g/mol. The standard InChI is InChI=1S/C13H16N2O2S2/c1-10-4-3-5-12(8-10)19(16,17)14-7-6-13-15-11(2)9-18-13/h3-5,8-9,14H,6-7H2,1-2H3. The Bertz CT molecular complexity index is 663. The van der Waals surface area contributed by atoms with Crippen LogP contribution in [0.15, 0.2) is 34.5 Å². The normalized spacial score (nSPS) is 11.7. The highest BCUT2D eigenvalue weighted by Gasteiger charge is 2.13. The SMILES string of the molecule is Cc1cccc(S(=O)(=O)NCCc2nc(C)cs2)c1. The Labute approximate surface area is 117 Å². The molecule has 0 amide bonds. The van der Waals surface area contributed by atoms with Gasteiger partial charge in [-0.1, -0.05) is 12.1 Å². The molecule has 1 heterocycles. The fourth-order valence-electron chi connectivity index (χ4n) is 1.68. The first-order chi connectivity index (χ1) is 8.97. The summed E-state index contributed by atoms with van der Waals surface area (Å²) < 4.78 is 26.7. The zero-order chi connectivity index (χ0) is 13.9. The van der Waals surface area contributed by atoms with E-state index in [1.807, 2.05) is 25.3 Å². The fourth-order valence-corrected chi connectivity index (χ4v) is 3.59. The minimum Gasteiger partial charge on any atom is -0.247 e. The van der Waals surface area contributed by atoms with Gasteiger partial charge in [-0.05, 0) is 31.5 Å². The molecule has 19 heavy (non-hydrogen) atoms. The van der Waals surface area contributed by atoms with Crippen LogP contribution < -0.4 is 4.72 Å². The van der Waals surface area contributed by atoms with Gasteiger partial charge in [-0.2, -0.15) is 0 Å². The third-order valence-electron chi connectivity index (χ3n) is 2.60. The molecular weight excluding hydrogens is 280 g/mol. The van der Waals surface area contributed by atoms with Gasteiger partial charge in [0, 0.05) is 24.0 Å². The maximum Gasteiger partial charge on any atom is 0.240 e. The Morgan fingerprint density at radius 2 is 2.11 bits per heavy atom. The van der Waals surface area contributed by atoms with E-state index in [0.29, 0.717) is 17.9 Å². The molecule has 0 unspecified atom stereocenters. The van der Waals surface area contributed by atoms with Crippen molar-refractivity contribution in [3.05, 3.63) is 45.9 Å². The van der Waals surface area contributed by atoms with Crippen molar-refractivity contribution in [1.82, 2.24) is 9.71 Å². The second-order valence-corrected chi connectivity index (χ2v) is 7.06. The van der Waals surface area contributed by atoms with Crippen LogP contribution in [0.25, 0.3) is 0 Å². The molecule has 2 aromatic rings. The predicted octanol–water partition coefficient (Wildman–Crippen LogP) is 2.28. The second-order valence-electron chi connectivity index (χ2n) is 4.35. The number of sulfonamides is 1. The van der Waals surface area contributed by atoms with E-state index in [9.17, 15) is 8.42 Å². The Morgan fingerprint density at radius 1 is 1.32 bits per heavy atom. The number of nitrogens with zero attached hydrogens (tertiary/aromatic N) is 1. The smallest absolute Gasteiger partial charge is 0.240 e. The van der Waals surface area contributed by atoms with Gasteiger partial charge < -0.3 is 0 Å². The van der Waals surface area contributed by atoms with Gasteiger partial charge >= 0.3 is 0 Å². The minimum atomic E-state index is -3.42.